The fourth-order valence-electron chi connectivity index (χ4n) is 4.29. The van der Waals surface area contributed by atoms with Gasteiger partial charge in [0.2, 0.25) is 0 Å². The van der Waals surface area contributed by atoms with Crippen LogP contribution >= 0.6 is 0 Å². The maximum Gasteiger partial charge on any atom is 0.573 e. The highest BCUT2D eigenvalue weighted by Crippen LogP contribution is 2.40. The molecule has 3 aromatic rings. The van der Waals surface area contributed by atoms with Crippen molar-refractivity contribution in [2.24, 2.45) is 0 Å². The minimum atomic E-state index is -4.87. The highest BCUT2D eigenvalue weighted by atomic mass is 19.4. The van der Waals surface area contributed by atoms with Gasteiger partial charge in [0.1, 0.15) is 11.4 Å². The molecule has 188 valence electrons. The normalized spacial score (nSPS) is 15.1. The van der Waals surface area contributed by atoms with E-state index in [-0.39, 0.29) is 36.5 Å². The van der Waals surface area contributed by atoms with Crippen LogP contribution in [0.25, 0.3) is 22.4 Å². The first-order chi connectivity index (χ1) is 17.0. The molecule has 0 unspecified atom stereocenters. The Bertz CT molecular complexity index is 1320. The van der Waals surface area contributed by atoms with Gasteiger partial charge in [0, 0.05) is 24.2 Å². The number of carbonyl (C=O) groups excluding carboxylic acids is 2. The van der Waals surface area contributed by atoms with Crippen molar-refractivity contribution < 1.29 is 37.4 Å². The highest BCUT2D eigenvalue weighted by Gasteiger charge is 2.33. The van der Waals surface area contributed by atoms with Crippen LogP contribution in [0.1, 0.15) is 40.2 Å². The molecule has 8 nitrogen and oxygen atoms in total. The lowest BCUT2D eigenvalue weighted by molar-refractivity contribution is -0.274. The molecule has 36 heavy (non-hydrogen) atoms. The predicted octanol–water partition coefficient (Wildman–Crippen LogP) is 4.87. The second kappa shape index (κ2) is 9.76. The van der Waals surface area contributed by atoms with Crippen LogP contribution in [-0.2, 0) is 0 Å². The Morgan fingerprint density at radius 2 is 1.86 bits per heavy atom. The van der Waals surface area contributed by atoms with Crippen LogP contribution < -0.4 is 15.4 Å². The number of nitrogens with one attached hydrogen (secondary N) is 2. The summed E-state index contributed by atoms with van der Waals surface area (Å²) in [6, 6.07) is 13.4. The van der Waals surface area contributed by atoms with E-state index in [9.17, 15) is 27.6 Å². The summed E-state index contributed by atoms with van der Waals surface area (Å²) in [4.78, 5) is 35.5. The van der Waals surface area contributed by atoms with Crippen molar-refractivity contribution in [3.05, 3.63) is 65.9 Å². The fraction of sp³-hybridized carbons (Fsp3) is 0.240. The van der Waals surface area contributed by atoms with Gasteiger partial charge in [-0.3, -0.25) is 9.59 Å². The number of rotatable bonds is 7. The number of hydrogen-bond acceptors (Lipinski definition) is 4. The Kier molecular flexibility index (Phi) is 6.73. The molecule has 0 fully saturated rings. The minimum Gasteiger partial charge on any atom is -0.465 e. The summed E-state index contributed by atoms with van der Waals surface area (Å²) < 4.78 is 44.4. The summed E-state index contributed by atoms with van der Waals surface area (Å²) in [5, 5.41) is 14.0. The van der Waals surface area contributed by atoms with Crippen LogP contribution in [0.2, 0.25) is 0 Å². The maximum absolute atomic E-state index is 12.8. The summed E-state index contributed by atoms with van der Waals surface area (Å²) in [5.41, 5.74) is 2.82. The summed E-state index contributed by atoms with van der Waals surface area (Å²) in [6.45, 7) is 1.79. The van der Waals surface area contributed by atoms with Crippen LogP contribution in [0.15, 0.2) is 54.6 Å². The molecule has 1 aromatic heterocycles. The van der Waals surface area contributed by atoms with E-state index in [1.165, 1.54) is 25.1 Å². The number of carbonyl (C=O) groups is 3. The highest BCUT2D eigenvalue weighted by molar-refractivity contribution is 5.99. The molecule has 11 heteroatoms. The van der Waals surface area contributed by atoms with Gasteiger partial charge in [0.15, 0.2) is 5.78 Å². The standard InChI is InChI=1S/C25H22F3N3O5/c1-14(32)15-5-7-16(8-6-15)22-20(17-3-2-4-19(11-17)36-25(26,27)28)12-21-23(33)30-13-18(31(21)22)9-10-29-24(34)35/h2-8,11-12,18,29H,9-10,13H2,1H3,(H,30,33)(H,34,35)/t18-/m0/s1. The second-order valence-electron chi connectivity index (χ2n) is 8.26. The van der Waals surface area contributed by atoms with E-state index in [4.69, 9.17) is 5.11 Å². The van der Waals surface area contributed by atoms with Gasteiger partial charge in [-0.05, 0) is 42.7 Å². The maximum atomic E-state index is 12.8. The molecule has 1 aliphatic rings. The molecule has 2 aromatic carbocycles. The number of aromatic nitrogens is 1. The molecule has 0 saturated carbocycles. The molecular formula is C25H22F3N3O5. The number of fused-ring (bicyclic) bond motifs is 1. The molecule has 0 saturated heterocycles. The van der Waals surface area contributed by atoms with E-state index >= 15 is 0 Å². The summed E-state index contributed by atoms with van der Waals surface area (Å²) in [5.74, 6) is -0.908. The number of ether oxygens (including phenoxy) is 1. The average Bonchev–Trinajstić information content (AvgIpc) is 3.21. The Labute approximate surface area is 203 Å². The van der Waals surface area contributed by atoms with Crippen molar-refractivity contribution in [3.8, 4) is 28.1 Å². The topological polar surface area (TPSA) is 110 Å². The first kappa shape index (κ1) is 24.8. The number of hydrogen-bond donors (Lipinski definition) is 3. The summed E-state index contributed by atoms with van der Waals surface area (Å²) in [7, 11) is 0. The van der Waals surface area contributed by atoms with Crippen molar-refractivity contribution in [2.75, 3.05) is 13.1 Å². The number of nitrogens with zero attached hydrogens (tertiary/aromatic N) is 1. The lowest BCUT2D eigenvalue weighted by atomic mass is 9.99. The Hall–Kier alpha value is -4.28. The van der Waals surface area contributed by atoms with Crippen LogP contribution in [0, 0.1) is 0 Å². The number of Topliss-reactive ketones (excluding diaryl/α,β-unsaturated/α-hetero) is 1. The molecule has 0 radical (unpaired) electrons. The Morgan fingerprint density at radius 3 is 2.50 bits per heavy atom. The number of ketones is 1. The van der Waals surface area contributed by atoms with Crippen LogP contribution in [0.5, 0.6) is 5.75 Å². The van der Waals surface area contributed by atoms with Gasteiger partial charge >= 0.3 is 12.5 Å². The van der Waals surface area contributed by atoms with Crippen LogP contribution in [0.3, 0.4) is 0 Å². The zero-order valence-electron chi connectivity index (χ0n) is 19.1. The molecule has 1 atom stereocenters. The van der Waals surface area contributed by atoms with Gasteiger partial charge in [-0.1, -0.05) is 36.4 Å². The smallest absolute Gasteiger partial charge is 0.465 e. The fourth-order valence-corrected chi connectivity index (χ4v) is 4.29. The predicted molar refractivity (Wildman–Crippen MR) is 124 cm³/mol. The first-order valence-corrected chi connectivity index (χ1v) is 11.0. The molecule has 4 rings (SSSR count). The molecule has 2 heterocycles. The monoisotopic (exact) mass is 501 g/mol. The lowest BCUT2D eigenvalue weighted by Gasteiger charge is -2.29. The molecule has 0 aliphatic carbocycles. The van der Waals surface area contributed by atoms with E-state index in [1.54, 1.807) is 41.0 Å². The molecule has 1 aliphatic heterocycles. The third-order valence-corrected chi connectivity index (χ3v) is 5.83. The molecule has 0 spiro atoms. The molecule has 0 bridgehead atoms. The number of amides is 2. The number of carboxylic acid groups (broad SMARTS) is 1. The van der Waals surface area contributed by atoms with E-state index in [0.29, 0.717) is 34.4 Å². The van der Waals surface area contributed by atoms with Gasteiger partial charge in [-0.15, -0.1) is 13.2 Å². The zero-order chi connectivity index (χ0) is 26.0. The lowest BCUT2D eigenvalue weighted by Crippen LogP contribution is -2.40. The summed E-state index contributed by atoms with van der Waals surface area (Å²) >= 11 is 0. The zero-order valence-corrected chi connectivity index (χ0v) is 19.1. The van der Waals surface area contributed by atoms with Gasteiger partial charge in [0.05, 0.1) is 11.7 Å². The van der Waals surface area contributed by atoms with Crippen molar-refractivity contribution >= 4 is 17.8 Å². The van der Waals surface area contributed by atoms with Gasteiger partial charge in [-0.25, -0.2) is 4.79 Å². The molecule has 3 N–H and O–H groups in total. The second-order valence-corrected chi connectivity index (χ2v) is 8.26. The van der Waals surface area contributed by atoms with Gasteiger partial charge in [0.25, 0.3) is 5.91 Å². The van der Waals surface area contributed by atoms with E-state index < -0.39 is 18.2 Å². The number of benzene rings is 2. The summed E-state index contributed by atoms with van der Waals surface area (Å²) in [6.07, 6.45) is -5.69. The van der Waals surface area contributed by atoms with Crippen molar-refractivity contribution in [3.63, 3.8) is 0 Å². The number of alkyl halides is 3. The third-order valence-electron chi connectivity index (χ3n) is 5.83. The van der Waals surface area contributed by atoms with Crippen molar-refractivity contribution in [2.45, 2.75) is 25.7 Å². The first-order valence-electron chi connectivity index (χ1n) is 11.0. The van der Waals surface area contributed by atoms with Gasteiger partial charge < -0.3 is 25.0 Å². The van der Waals surface area contributed by atoms with E-state index in [1.807, 2.05) is 0 Å². The SMILES string of the molecule is CC(=O)c1ccc(-c2c(-c3cccc(OC(F)(F)F)c3)cc3n2[C@@H](CCNC(=O)O)CNC3=O)cc1. The van der Waals surface area contributed by atoms with Crippen LogP contribution in [0.4, 0.5) is 18.0 Å². The number of halogens is 3. The third kappa shape index (κ3) is 5.35. The van der Waals surface area contributed by atoms with Crippen LogP contribution in [-0.4, -0.2) is 46.9 Å². The Morgan fingerprint density at radius 1 is 1.14 bits per heavy atom. The molecule has 2 amide bonds. The minimum absolute atomic E-state index is 0.125. The Balaban J connectivity index is 1.87. The quantitative estimate of drug-likeness (QED) is 0.401. The van der Waals surface area contributed by atoms with Gasteiger partial charge in [-0.2, -0.15) is 0 Å². The van der Waals surface area contributed by atoms with E-state index in [0.717, 1.165) is 0 Å². The molecular weight excluding hydrogens is 479 g/mol. The largest absolute Gasteiger partial charge is 0.573 e. The van der Waals surface area contributed by atoms with Crippen molar-refractivity contribution in [1.82, 2.24) is 15.2 Å². The van der Waals surface area contributed by atoms with Crippen molar-refractivity contribution in [1.29, 1.82) is 0 Å². The van der Waals surface area contributed by atoms with E-state index in [2.05, 4.69) is 15.4 Å². The average molecular weight is 501 g/mol.